The Hall–Kier alpha value is 0.110. The first-order chi connectivity index (χ1) is 5.72. The van der Waals surface area contributed by atoms with Crippen molar-refractivity contribution < 1.29 is 19.1 Å². The molecule has 0 aromatic heterocycles. The smallest absolute Gasteiger partial charge is 0.163 e. The van der Waals surface area contributed by atoms with Gasteiger partial charge in [-0.15, -0.1) is 0 Å². The number of aliphatic hydroxyl groups excluding tert-OH is 1. The Morgan fingerprint density at radius 3 is 2.38 bits per heavy atom. The van der Waals surface area contributed by atoms with Gasteiger partial charge < -0.3 is 19.1 Å². The molecule has 1 saturated heterocycles. The standard InChI is InChI=1S/C8H17O4P/c1-8(2)11-5-6(12-8)7(9)13(3,4)10/h6-7,9H,5H2,1-4H3/t6?,7-/m0/s1. The van der Waals surface area contributed by atoms with Gasteiger partial charge in [0.05, 0.1) is 6.61 Å². The summed E-state index contributed by atoms with van der Waals surface area (Å²) >= 11 is 0. The van der Waals surface area contributed by atoms with E-state index in [4.69, 9.17) is 9.47 Å². The van der Waals surface area contributed by atoms with Crippen molar-refractivity contribution in [3.05, 3.63) is 0 Å². The molecular weight excluding hydrogens is 191 g/mol. The molecule has 1 heterocycles. The second-order valence-corrected chi connectivity index (χ2v) is 7.61. The Morgan fingerprint density at radius 2 is 2.08 bits per heavy atom. The minimum atomic E-state index is -2.51. The van der Waals surface area contributed by atoms with Crippen molar-refractivity contribution in [3.63, 3.8) is 0 Å². The molecular formula is C8H17O4P. The highest BCUT2D eigenvalue weighted by atomic mass is 31.2. The van der Waals surface area contributed by atoms with Gasteiger partial charge in [-0.3, -0.25) is 0 Å². The molecule has 0 bridgehead atoms. The van der Waals surface area contributed by atoms with Crippen molar-refractivity contribution in [2.45, 2.75) is 31.6 Å². The van der Waals surface area contributed by atoms with Crippen LogP contribution >= 0.6 is 7.14 Å². The third-order valence-corrected chi connectivity index (χ3v) is 3.61. The number of aliphatic hydroxyl groups is 1. The van der Waals surface area contributed by atoms with E-state index in [9.17, 15) is 9.67 Å². The fourth-order valence-electron chi connectivity index (χ4n) is 1.26. The second-order valence-electron chi connectivity index (χ2n) is 4.21. The molecule has 78 valence electrons. The molecule has 0 aromatic carbocycles. The van der Waals surface area contributed by atoms with Gasteiger partial charge in [-0.05, 0) is 27.2 Å². The monoisotopic (exact) mass is 208 g/mol. The van der Waals surface area contributed by atoms with E-state index < -0.39 is 24.9 Å². The van der Waals surface area contributed by atoms with Crippen LogP contribution in [0.4, 0.5) is 0 Å². The second kappa shape index (κ2) is 3.35. The number of rotatable bonds is 2. The van der Waals surface area contributed by atoms with Crippen molar-refractivity contribution in [2.75, 3.05) is 19.9 Å². The van der Waals surface area contributed by atoms with Crippen LogP contribution in [0.3, 0.4) is 0 Å². The fraction of sp³-hybridized carbons (Fsp3) is 1.00. The number of ether oxygens (including phenoxy) is 2. The Balaban J connectivity index is 2.62. The SMILES string of the molecule is CC1(C)OCC([C@@H](O)P(C)(C)=O)O1. The van der Waals surface area contributed by atoms with Crippen LogP contribution in [0.1, 0.15) is 13.8 Å². The first-order valence-electron chi connectivity index (χ1n) is 4.27. The van der Waals surface area contributed by atoms with Gasteiger partial charge >= 0.3 is 0 Å². The summed E-state index contributed by atoms with van der Waals surface area (Å²) in [6.45, 7) is 6.95. The van der Waals surface area contributed by atoms with Crippen LogP contribution in [0, 0.1) is 0 Å². The molecule has 4 nitrogen and oxygen atoms in total. The Kier molecular flexibility index (Phi) is 2.89. The normalized spacial score (nSPS) is 30.4. The van der Waals surface area contributed by atoms with Gasteiger partial charge in [0.2, 0.25) is 0 Å². The average molecular weight is 208 g/mol. The molecule has 5 heteroatoms. The van der Waals surface area contributed by atoms with E-state index in [2.05, 4.69) is 0 Å². The predicted molar refractivity (Wildman–Crippen MR) is 50.4 cm³/mol. The minimum Gasteiger partial charge on any atom is -0.383 e. The largest absolute Gasteiger partial charge is 0.383 e. The number of hydrogen-bond acceptors (Lipinski definition) is 4. The molecule has 0 aliphatic carbocycles. The topological polar surface area (TPSA) is 55.8 Å². The van der Waals surface area contributed by atoms with Gasteiger partial charge in [0.1, 0.15) is 19.1 Å². The van der Waals surface area contributed by atoms with Crippen molar-refractivity contribution in [1.29, 1.82) is 0 Å². The molecule has 13 heavy (non-hydrogen) atoms. The molecule has 0 radical (unpaired) electrons. The third-order valence-electron chi connectivity index (χ3n) is 2.00. The maximum atomic E-state index is 11.5. The van der Waals surface area contributed by atoms with E-state index in [1.165, 1.54) is 0 Å². The fourth-order valence-corrected chi connectivity index (χ4v) is 2.21. The Bertz CT molecular complexity index is 232. The van der Waals surface area contributed by atoms with Crippen molar-refractivity contribution in [3.8, 4) is 0 Å². The molecule has 1 fully saturated rings. The highest BCUT2D eigenvalue weighted by Crippen LogP contribution is 2.45. The first kappa shape index (κ1) is 11.2. The van der Waals surface area contributed by atoms with Crippen LogP contribution < -0.4 is 0 Å². The summed E-state index contributed by atoms with van der Waals surface area (Å²) in [4.78, 5) is 0. The lowest BCUT2D eigenvalue weighted by atomic mass is 10.4. The summed E-state index contributed by atoms with van der Waals surface area (Å²) < 4.78 is 22.2. The van der Waals surface area contributed by atoms with E-state index in [-0.39, 0.29) is 0 Å². The molecule has 0 spiro atoms. The van der Waals surface area contributed by atoms with Crippen LogP contribution in [0.2, 0.25) is 0 Å². The molecule has 1 aliphatic rings. The van der Waals surface area contributed by atoms with Gasteiger partial charge in [0.15, 0.2) is 5.79 Å². The van der Waals surface area contributed by atoms with Gasteiger partial charge in [-0.1, -0.05) is 0 Å². The summed E-state index contributed by atoms with van der Waals surface area (Å²) in [6, 6.07) is 0. The van der Waals surface area contributed by atoms with E-state index in [1.807, 2.05) is 0 Å². The molecule has 0 aromatic rings. The van der Waals surface area contributed by atoms with E-state index >= 15 is 0 Å². The van der Waals surface area contributed by atoms with Gasteiger partial charge in [-0.2, -0.15) is 0 Å². The Labute approximate surface area is 78.6 Å². The number of hydrogen-bond donors (Lipinski definition) is 1. The molecule has 2 atom stereocenters. The lowest BCUT2D eigenvalue weighted by molar-refractivity contribution is -0.145. The van der Waals surface area contributed by atoms with Crippen LogP contribution in [-0.2, 0) is 14.0 Å². The molecule has 1 N–H and O–H groups in total. The molecule has 1 aliphatic heterocycles. The molecule has 1 rings (SSSR count). The summed E-state index contributed by atoms with van der Waals surface area (Å²) in [5, 5.41) is 9.65. The molecule has 0 saturated carbocycles. The minimum absolute atomic E-state index is 0.305. The van der Waals surface area contributed by atoms with Crippen molar-refractivity contribution in [2.24, 2.45) is 0 Å². The zero-order valence-corrected chi connectivity index (χ0v) is 9.38. The maximum absolute atomic E-state index is 11.5. The van der Waals surface area contributed by atoms with Crippen LogP contribution in [0.5, 0.6) is 0 Å². The van der Waals surface area contributed by atoms with Gasteiger partial charge in [-0.25, -0.2) is 0 Å². The van der Waals surface area contributed by atoms with Crippen molar-refractivity contribution in [1.82, 2.24) is 0 Å². The zero-order chi connectivity index (χ0) is 10.3. The maximum Gasteiger partial charge on any atom is 0.163 e. The lowest BCUT2D eigenvalue weighted by Crippen LogP contribution is -2.30. The van der Waals surface area contributed by atoms with Crippen molar-refractivity contribution >= 4 is 7.14 Å². The van der Waals surface area contributed by atoms with E-state index in [0.29, 0.717) is 6.61 Å². The quantitative estimate of drug-likeness (QED) is 0.690. The zero-order valence-electron chi connectivity index (χ0n) is 8.48. The molecule has 1 unspecified atom stereocenters. The van der Waals surface area contributed by atoms with E-state index in [0.717, 1.165) is 0 Å². The predicted octanol–water partition coefficient (Wildman–Crippen LogP) is 1.08. The van der Waals surface area contributed by atoms with Crippen LogP contribution in [0.25, 0.3) is 0 Å². The summed E-state index contributed by atoms with van der Waals surface area (Å²) in [6.07, 6.45) is -0.462. The summed E-state index contributed by atoms with van der Waals surface area (Å²) in [5.41, 5.74) is 0. The van der Waals surface area contributed by atoms with Gasteiger partial charge in [0, 0.05) is 0 Å². The summed E-state index contributed by atoms with van der Waals surface area (Å²) in [5.74, 6) is -1.59. The highest BCUT2D eigenvalue weighted by Gasteiger charge is 2.40. The highest BCUT2D eigenvalue weighted by molar-refractivity contribution is 7.62. The van der Waals surface area contributed by atoms with Crippen LogP contribution in [0.15, 0.2) is 0 Å². The first-order valence-corrected chi connectivity index (χ1v) is 6.94. The molecule has 0 amide bonds. The Morgan fingerprint density at radius 1 is 1.54 bits per heavy atom. The lowest BCUT2D eigenvalue weighted by Gasteiger charge is -2.22. The van der Waals surface area contributed by atoms with Gasteiger partial charge in [0.25, 0.3) is 0 Å². The van der Waals surface area contributed by atoms with E-state index in [1.54, 1.807) is 27.2 Å². The third kappa shape index (κ3) is 2.78. The van der Waals surface area contributed by atoms with Crippen LogP contribution in [-0.4, -0.2) is 42.8 Å². The summed E-state index contributed by atoms with van der Waals surface area (Å²) in [7, 11) is -2.51. The average Bonchev–Trinajstić information content (AvgIpc) is 2.26.